The highest BCUT2D eigenvalue weighted by Crippen LogP contribution is 2.53. The highest BCUT2D eigenvalue weighted by Gasteiger charge is 2.56. The van der Waals surface area contributed by atoms with Crippen molar-refractivity contribution in [3.63, 3.8) is 0 Å². The average Bonchev–Trinajstić information content (AvgIpc) is 3.58. The molecular weight excluding hydrogens is 693 g/mol. The quantitative estimate of drug-likeness (QED) is 0.216. The summed E-state index contributed by atoms with van der Waals surface area (Å²) in [6, 6.07) is 6.61. The number of carbonyl (C=O) groups excluding carboxylic acids is 2. The maximum absolute atomic E-state index is 14.8. The zero-order valence-electron chi connectivity index (χ0n) is 31.9. The number of sulfonamides is 1. The van der Waals surface area contributed by atoms with Gasteiger partial charge in [0.2, 0.25) is 12.5 Å². The molecule has 2 aliphatic heterocycles. The van der Waals surface area contributed by atoms with Gasteiger partial charge in [0.05, 0.1) is 16.5 Å². The maximum atomic E-state index is 14.8. The van der Waals surface area contributed by atoms with Gasteiger partial charge in [-0.25, -0.2) is 13.2 Å². The molecule has 0 saturated carbocycles. The standard InChI is InChI=1S/C37H52N2O10SSi/c1-22-14-16-23(17-15-22)50(42,43)39(34(41)48-35(2,3)4)29-24(18-19-26-30(29)47-37(8,9)46-26)25-20-27-31(45-21-44-27)32(28(25)33(40)38(10)11)49-51(12,13)36(5,6)7/h14-20,24,26,29-30H,21H2,1-13H3/t24-,26-,29-,30-/m1/s1. The van der Waals surface area contributed by atoms with Crippen molar-refractivity contribution < 1.29 is 46.1 Å². The molecule has 2 aromatic carbocycles. The van der Waals surface area contributed by atoms with E-state index in [1.807, 2.05) is 6.92 Å². The third-order valence-electron chi connectivity index (χ3n) is 9.59. The van der Waals surface area contributed by atoms with Crippen molar-refractivity contribution in [1.29, 1.82) is 0 Å². The summed E-state index contributed by atoms with van der Waals surface area (Å²) in [7, 11) is -3.98. The zero-order valence-corrected chi connectivity index (χ0v) is 33.8. The van der Waals surface area contributed by atoms with E-state index in [1.165, 1.54) is 17.0 Å². The van der Waals surface area contributed by atoms with E-state index >= 15 is 0 Å². The number of rotatable bonds is 7. The van der Waals surface area contributed by atoms with Crippen molar-refractivity contribution in [3.05, 3.63) is 59.2 Å². The lowest BCUT2D eigenvalue weighted by Gasteiger charge is -2.42. The summed E-state index contributed by atoms with van der Waals surface area (Å²) in [5.74, 6) is -1.66. The first-order chi connectivity index (χ1) is 23.3. The Morgan fingerprint density at radius 1 is 0.961 bits per heavy atom. The van der Waals surface area contributed by atoms with Crippen LogP contribution in [0.5, 0.6) is 17.2 Å². The molecule has 0 radical (unpaired) electrons. The summed E-state index contributed by atoms with van der Waals surface area (Å²) in [6.45, 7) is 20.6. The molecule has 0 unspecified atom stereocenters. The van der Waals surface area contributed by atoms with E-state index in [1.54, 1.807) is 79.1 Å². The van der Waals surface area contributed by atoms with Gasteiger partial charge in [0.15, 0.2) is 17.3 Å². The highest BCUT2D eigenvalue weighted by atomic mass is 32.2. The van der Waals surface area contributed by atoms with E-state index in [0.717, 1.165) is 9.87 Å². The Kier molecular flexibility index (Phi) is 9.94. The van der Waals surface area contributed by atoms with Gasteiger partial charge in [0, 0.05) is 20.0 Å². The fraction of sp³-hybridized carbons (Fsp3) is 0.568. The topological polar surface area (TPSA) is 130 Å². The minimum Gasteiger partial charge on any atom is -0.540 e. The summed E-state index contributed by atoms with van der Waals surface area (Å²) in [5.41, 5.74) is 0.320. The lowest BCUT2D eigenvalue weighted by molar-refractivity contribution is -0.147. The van der Waals surface area contributed by atoms with Crippen LogP contribution in [0.4, 0.5) is 4.79 Å². The molecule has 1 aliphatic carbocycles. The molecule has 4 atom stereocenters. The number of ether oxygens (including phenoxy) is 5. The lowest BCUT2D eigenvalue weighted by atomic mass is 9.79. The molecule has 2 heterocycles. The molecule has 0 bridgehead atoms. The van der Waals surface area contributed by atoms with E-state index < -0.39 is 65.9 Å². The summed E-state index contributed by atoms with van der Waals surface area (Å²) >= 11 is 0. The van der Waals surface area contributed by atoms with Crippen molar-refractivity contribution in [2.24, 2.45) is 0 Å². The van der Waals surface area contributed by atoms with Crippen LogP contribution in [0.3, 0.4) is 0 Å². The number of carbonyl (C=O) groups is 2. The molecule has 51 heavy (non-hydrogen) atoms. The average molecular weight is 745 g/mol. The molecule has 3 aliphatic rings. The molecule has 5 rings (SSSR count). The molecule has 12 nitrogen and oxygen atoms in total. The molecular formula is C37H52N2O10SSi. The van der Waals surface area contributed by atoms with Gasteiger partial charge in [0.25, 0.3) is 24.2 Å². The molecule has 2 aromatic rings. The van der Waals surface area contributed by atoms with Gasteiger partial charge in [0.1, 0.15) is 17.8 Å². The second kappa shape index (κ2) is 13.1. The van der Waals surface area contributed by atoms with Crippen LogP contribution in [0, 0.1) is 6.92 Å². The van der Waals surface area contributed by atoms with Crippen LogP contribution in [0.2, 0.25) is 18.1 Å². The third kappa shape index (κ3) is 7.51. The Bertz CT molecular complexity index is 1820. The molecule has 1 fully saturated rings. The van der Waals surface area contributed by atoms with Crippen molar-refractivity contribution in [2.75, 3.05) is 20.9 Å². The maximum Gasteiger partial charge on any atom is 0.424 e. The molecule has 14 heteroatoms. The Hall–Kier alpha value is -3.59. The third-order valence-corrected chi connectivity index (χ3v) is 15.7. The molecule has 0 spiro atoms. The molecule has 1 saturated heterocycles. The molecule has 0 N–H and O–H groups in total. The Balaban J connectivity index is 1.84. The summed E-state index contributed by atoms with van der Waals surface area (Å²) < 4.78 is 67.8. The Morgan fingerprint density at radius 3 is 2.16 bits per heavy atom. The van der Waals surface area contributed by atoms with E-state index in [2.05, 4.69) is 33.9 Å². The van der Waals surface area contributed by atoms with Gasteiger partial charge in [-0.05, 0) is 83.4 Å². The van der Waals surface area contributed by atoms with Crippen LogP contribution < -0.4 is 13.9 Å². The fourth-order valence-corrected chi connectivity index (χ4v) is 8.62. The van der Waals surface area contributed by atoms with Crippen LogP contribution in [0.15, 0.2) is 47.4 Å². The summed E-state index contributed by atoms with van der Waals surface area (Å²) in [4.78, 5) is 30.1. The van der Waals surface area contributed by atoms with E-state index in [9.17, 15) is 18.0 Å². The predicted molar refractivity (Wildman–Crippen MR) is 194 cm³/mol. The number of benzene rings is 2. The predicted octanol–water partition coefficient (Wildman–Crippen LogP) is 6.98. The largest absolute Gasteiger partial charge is 0.540 e. The Morgan fingerprint density at radius 2 is 1.59 bits per heavy atom. The van der Waals surface area contributed by atoms with Crippen molar-refractivity contribution in [1.82, 2.24) is 9.21 Å². The van der Waals surface area contributed by atoms with Gasteiger partial charge in [-0.2, -0.15) is 4.31 Å². The number of hydrogen-bond acceptors (Lipinski definition) is 10. The van der Waals surface area contributed by atoms with Crippen molar-refractivity contribution in [2.45, 2.75) is 121 Å². The normalized spacial score (nSPS) is 22.7. The van der Waals surface area contributed by atoms with Gasteiger partial charge < -0.3 is 33.0 Å². The number of aryl methyl sites for hydroxylation is 1. The van der Waals surface area contributed by atoms with E-state index in [-0.39, 0.29) is 28.0 Å². The van der Waals surface area contributed by atoms with Gasteiger partial charge in [-0.1, -0.05) is 50.6 Å². The van der Waals surface area contributed by atoms with E-state index in [0.29, 0.717) is 17.1 Å². The first-order valence-electron chi connectivity index (χ1n) is 17.1. The lowest BCUT2D eigenvalue weighted by Crippen LogP contribution is -2.57. The van der Waals surface area contributed by atoms with Crippen LogP contribution in [0.1, 0.15) is 82.8 Å². The highest BCUT2D eigenvalue weighted by molar-refractivity contribution is 7.89. The summed E-state index contributed by atoms with van der Waals surface area (Å²) in [6.07, 6.45) is 0.720. The monoisotopic (exact) mass is 744 g/mol. The number of amides is 2. The minimum absolute atomic E-state index is 0.103. The molecule has 2 amide bonds. The zero-order chi connectivity index (χ0) is 38.1. The van der Waals surface area contributed by atoms with Gasteiger partial charge in [-0.15, -0.1) is 0 Å². The van der Waals surface area contributed by atoms with Crippen LogP contribution >= 0.6 is 0 Å². The first kappa shape index (κ1) is 38.6. The van der Waals surface area contributed by atoms with Crippen molar-refractivity contribution in [3.8, 4) is 17.2 Å². The number of hydrogen-bond donors (Lipinski definition) is 0. The second-order valence-corrected chi connectivity index (χ2v) is 23.1. The fourth-order valence-electron chi connectivity index (χ4n) is 6.10. The minimum atomic E-state index is -4.61. The second-order valence-electron chi connectivity index (χ2n) is 16.5. The van der Waals surface area contributed by atoms with E-state index in [4.69, 9.17) is 28.1 Å². The number of fused-ring (bicyclic) bond motifs is 2. The Labute approximate surface area is 303 Å². The van der Waals surface area contributed by atoms with Crippen LogP contribution in [-0.2, 0) is 24.2 Å². The smallest absolute Gasteiger partial charge is 0.424 e. The van der Waals surface area contributed by atoms with Crippen molar-refractivity contribution >= 4 is 30.3 Å². The number of nitrogens with zero attached hydrogens (tertiary/aromatic N) is 2. The first-order valence-corrected chi connectivity index (χ1v) is 21.4. The molecule has 0 aromatic heterocycles. The van der Waals surface area contributed by atoms with Crippen LogP contribution in [-0.4, -0.2) is 88.5 Å². The van der Waals surface area contributed by atoms with Crippen LogP contribution in [0.25, 0.3) is 0 Å². The molecule has 280 valence electrons. The van der Waals surface area contributed by atoms with Gasteiger partial charge >= 0.3 is 6.09 Å². The summed E-state index contributed by atoms with van der Waals surface area (Å²) in [5, 5.41) is -0.259. The SMILES string of the molecule is Cc1ccc(S(=O)(=O)N(C(=O)OC(C)(C)C)[C@H]2[C@@H]3OC(C)(C)O[C@@H]3C=C[C@@H]2c2cc3c(c(O[Si](C)(C)C(C)(C)C)c2C(=O)N(C)C)OCO3)cc1. The van der Waals surface area contributed by atoms with Gasteiger partial charge in [-0.3, -0.25) is 4.79 Å².